The third kappa shape index (κ3) is 3.94. The molecule has 0 aliphatic heterocycles. The fourth-order valence-corrected chi connectivity index (χ4v) is 2.50. The molecule has 108 valence electrons. The lowest BCUT2D eigenvalue weighted by Gasteiger charge is -2.15. The third-order valence-corrected chi connectivity index (χ3v) is 4.39. The van der Waals surface area contributed by atoms with Crippen LogP contribution in [-0.2, 0) is 10.8 Å². The molecule has 0 aliphatic rings. The fraction of sp³-hybridized carbons (Fsp3) is 0.462. The van der Waals surface area contributed by atoms with Gasteiger partial charge < -0.3 is 5.32 Å². The van der Waals surface area contributed by atoms with Gasteiger partial charge in [0, 0.05) is 34.9 Å². The van der Waals surface area contributed by atoms with E-state index in [1.54, 1.807) is 11.0 Å². The average Bonchev–Trinajstić information content (AvgIpc) is 3.01. The molecule has 0 fully saturated rings. The van der Waals surface area contributed by atoms with Crippen molar-refractivity contribution in [3.8, 4) is 5.69 Å². The van der Waals surface area contributed by atoms with Crippen molar-refractivity contribution in [3.63, 3.8) is 0 Å². The van der Waals surface area contributed by atoms with E-state index in [2.05, 4.69) is 33.8 Å². The molecule has 0 spiro atoms. The largest absolute Gasteiger partial charge is 0.309 e. The molecule has 1 aromatic heterocycles. The van der Waals surface area contributed by atoms with Gasteiger partial charge in [-0.3, -0.25) is 4.21 Å². The molecule has 0 saturated heterocycles. The Balaban J connectivity index is 1.98. The Kier molecular flexibility index (Phi) is 5.37. The van der Waals surface area contributed by atoms with Crippen LogP contribution in [0.4, 0.5) is 0 Å². The Morgan fingerprint density at radius 1 is 1.45 bits per heavy atom. The molecule has 1 heterocycles. The van der Waals surface area contributed by atoms with Crippen molar-refractivity contribution in [1.29, 1.82) is 0 Å². The van der Waals surface area contributed by atoms with Crippen molar-refractivity contribution in [2.45, 2.75) is 19.9 Å². The second-order valence-electron chi connectivity index (χ2n) is 4.46. The lowest BCUT2D eigenvalue weighted by Crippen LogP contribution is -2.24. The summed E-state index contributed by atoms with van der Waals surface area (Å²) in [6.07, 6.45) is 1.57. The summed E-state index contributed by atoms with van der Waals surface area (Å²) in [5, 5.41) is 14.5. The van der Waals surface area contributed by atoms with Gasteiger partial charge in [-0.25, -0.2) is 4.68 Å². The van der Waals surface area contributed by atoms with Gasteiger partial charge in [0.15, 0.2) is 0 Å². The summed E-state index contributed by atoms with van der Waals surface area (Å²) in [6, 6.07) is 8.24. The number of hydrogen-bond donors (Lipinski definition) is 1. The smallest absolute Gasteiger partial charge is 0.143 e. The summed E-state index contributed by atoms with van der Waals surface area (Å²) in [5.41, 5.74) is 2.08. The molecular weight excluding hydrogens is 274 g/mol. The third-order valence-electron chi connectivity index (χ3n) is 3.09. The van der Waals surface area contributed by atoms with E-state index in [4.69, 9.17) is 0 Å². The zero-order valence-electron chi connectivity index (χ0n) is 11.7. The Labute approximate surface area is 121 Å². The first-order valence-corrected chi connectivity index (χ1v) is 8.11. The Morgan fingerprint density at radius 2 is 2.30 bits per heavy atom. The molecule has 20 heavy (non-hydrogen) atoms. The van der Waals surface area contributed by atoms with E-state index in [1.165, 1.54) is 0 Å². The Hall–Kier alpha value is -1.60. The van der Waals surface area contributed by atoms with Crippen molar-refractivity contribution in [3.05, 3.63) is 36.2 Å². The first-order chi connectivity index (χ1) is 9.70. The van der Waals surface area contributed by atoms with Crippen molar-refractivity contribution >= 4 is 10.8 Å². The van der Waals surface area contributed by atoms with E-state index < -0.39 is 10.8 Å². The topological polar surface area (TPSA) is 72.7 Å². The van der Waals surface area contributed by atoms with Gasteiger partial charge in [0.2, 0.25) is 0 Å². The van der Waals surface area contributed by atoms with Gasteiger partial charge in [-0.1, -0.05) is 19.1 Å². The van der Waals surface area contributed by atoms with E-state index in [9.17, 15) is 4.21 Å². The lowest BCUT2D eigenvalue weighted by molar-refractivity contribution is 0.596. The van der Waals surface area contributed by atoms with Crippen molar-refractivity contribution in [1.82, 2.24) is 25.5 Å². The maximum atomic E-state index is 11.4. The normalized spacial score (nSPS) is 14.1. The molecule has 0 radical (unpaired) electrons. The van der Waals surface area contributed by atoms with Crippen LogP contribution in [0.2, 0.25) is 0 Å². The van der Waals surface area contributed by atoms with Gasteiger partial charge in [-0.2, -0.15) is 0 Å². The highest BCUT2D eigenvalue weighted by Gasteiger charge is 2.07. The number of tetrazole rings is 1. The van der Waals surface area contributed by atoms with Gasteiger partial charge >= 0.3 is 0 Å². The first-order valence-electron chi connectivity index (χ1n) is 6.62. The maximum absolute atomic E-state index is 11.4. The zero-order chi connectivity index (χ0) is 14.4. The second kappa shape index (κ2) is 7.25. The highest BCUT2D eigenvalue weighted by atomic mass is 32.2. The highest BCUT2D eigenvalue weighted by Crippen LogP contribution is 2.15. The number of aromatic nitrogens is 4. The second-order valence-corrected chi connectivity index (χ2v) is 6.32. The first kappa shape index (κ1) is 14.8. The fourth-order valence-electron chi connectivity index (χ4n) is 1.87. The number of nitrogens with zero attached hydrogens (tertiary/aromatic N) is 4. The van der Waals surface area contributed by atoms with Gasteiger partial charge in [0.1, 0.15) is 6.33 Å². The molecule has 1 aromatic carbocycles. The van der Waals surface area contributed by atoms with Crippen LogP contribution in [0.15, 0.2) is 30.6 Å². The van der Waals surface area contributed by atoms with Crippen LogP contribution >= 0.6 is 0 Å². The standard InChI is InChI=1S/C13H19N5OS/c1-3-20(19)8-7-14-11(2)12-5-4-6-13(9-12)18-10-15-16-17-18/h4-6,9-11,14H,3,7-8H2,1-2H3. The van der Waals surface area contributed by atoms with Gasteiger partial charge in [-0.05, 0) is 35.0 Å². The van der Waals surface area contributed by atoms with Gasteiger partial charge in [-0.15, -0.1) is 5.10 Å². The van der Waals surface area contributed by atoms with Crippen LogP contribution < -0.4 is 5.32 Å². The monoisotopic (exact) mass is 293 g/mol. The molecular formula is C13H19N5OS. The summed E-state index contributed by atoms with van der Waals surface area (Å²) in [7, 11) is -0.722. The Bertz CT molecular complexity index is 558. The summed E-state index contributed by atoms with van der Waals surface area (Å²) in [6.45, 7) is 4.78. The van der Waals surface area contributed by atoms with E-state index >= 15 is 0 Å². The van der Waals surface area contributed by atoms with E-state index in [0.29, 0.717) is 11.5 Å². The summed E-state index contributed by atoms with van der Waals surface area (Å²) in [4.78, 5) is 0. The van der Waals surface area contributed by atoms with Crippen molar-refractivity contribution in [2.75, 3.05) is 18.1 Å². The molecule has 2 rings (SSSR count). The molecule has 1 N–H and O–H groups in total. The molecule has 2 unspecified atom stereocenters. The van der Waals surface area contributed by atoms with Crippen LogP contribution in [0, 0.1) is 0 Å². The van der Waals surface area contributed by atoms with E-state index in [-0.39, 0.29) is 6.04 Å². The predicted octanol–water partition coefficient (Wildman–Crippen LogP) is 1.08. The van der Waals surface area contributed by atoms with Crippen LogP contribution in [0.5, 0.6) is 0 Å². The molecule has 2 atom stereocenters. The zero-order valence-corrected chi connectivity index (χ0v) is 12.5. The number of hydrogen-bond acceptors (Lipinski definition) is 5. The van der Waals surface area contributed by atoms with Crippen molar-refractivity contribution < 1.29 is 4.21 Å². The van der Waals surface area contributed by atoms with Gasteiger partial charge in [0.05, 0.1) is 5.69 Å². The lowest BCUT2D eigenvalue weighted by atomic mass is 10.1. The molecule has 0 bridgehead atoms. The quantitative estimate of drug-likeness (QED) is 0.827. The van der Waals surface area contributed by atoms with Crippen molar-refractivity contribution in [2.24, 2.45) is 0 Å². The molecule has 7 heteroatoms. The van der Waals surface area contributed by atoms with Crippen LogP contribution in [-0.4, -0.2) is 42.5 Å². The van der Waals surface area contributed by atoms with E-state index in [1.807, 2.05) is 25.1 Å². The maximum Gasteiger partial charge on any atom is 0.143 e. The van der Waals surface area contributed by atoms with E-state index in [0.717, 1.165) is 17.8 Å². The molecule has 0 aliphatic carbocycles. The molecule has 0 amide bonds. The van der Waals surface area contributed by atoms with Crippen LogP contribution in [0.3, 0.4) is 0 Å². The molecule has 0 saturated carbocycles. The summed E-state index contributed by atoms with van der Waals surface area (Å²) < 4.78 is 13.0. The summed E-state index contributed by atoms with van der Waals surface area (Å²) in [5.74, 6) is 1.40. The average molecular weight is 293 g/mol. The van der Waals surface area contributed by atoms with Gasteiger partial charge in [0.25, 0.3) is 0 Å². The predicted molar refractivity (Wildman–Crippen MR) is 79.1 cm³/mol. The highest BCUT2D eigenvalue weighted by molar-refractivity contribution is 7.84. The minimum Gasteiger partial charge on any atom is -0.309 e. The number of nitrogens with one attached hydrogen (secondary N) is 1. The number of rotatable bonds is 7. The minimum absolute atomic E-state index is 0.195. The molecule has 2 aromatic rings. The Morgan fingerprint density at radius 3 is 3.00 bits per heavy atom. The SMILES string of the molecule is CCS(=O)CCNC(C)c1cccc(-n2cnnn2)c1. The summed E-state index contributed by atoms with van der Waals surface area (Å²) >= 11 is 0. The van der Waals surface area contributed by atoms with Crippen LogP contribution in [0.1, 0.15) is 25.5 Å². The molecule has 6 nitrogen and oxygen atoms in total. The number of benzene rings is 1. The minimum atomic E-state index is -0.722. The van der Waals surface area contributed by atoms with Crippen LogP contribution in [0.25, 0.3) is 5.69 Å².